The van der Waals surface area contributed by atoms with Crippen LogP contribution in [0.5, 0.6) is 0 Å². The van der Waals surface area contributed by atoms with Crippen LogP contribution in [0.1, 0.15) is 28.4 Å². The Kier molecular flexibility index (Phi) is 0.500. The van der Waals surface area contributed by atoms with E-state index in [4.69, 9.17) is 2.74 Å². The maximum Gasteiger partial charge on any atom is 0.136 e. The highest BCUT2D eigenvalue weighted by molar-refractivity contribution is 5.84. The van der Waals surface area contributed by atoms with Gasteiger partial charge in [0.05, 0.1) is 0 Å². The third kappa shape index (κ3) is 0.445. The minimum Gasteiger partial charge on any atom is -0.299 e. The van der Waals surface area contributed by atoms with E-state index < -0.39 is 6.37 Å². The highest BCUT2D eigenvalue weighted by atomic mass is 16.1. The van der Waals surface area contributed by atoms with Gasteiger partial charge in [0.15, 0.2) is 0 Å². The van der Waals surface area contributed by atoms with Crippen molar-refractivity contribution in [1.82, 2.24) is 0 Å². The van der Waals surface area contributed by atoms with Crippen LogP contribution in [0, 0.1) is 11.8 Å². The minimum absolute atomic E-state index is 0.0463. The molecule has 0 N–H and O–H groups in total. The van der Waals surface area contributed by atoms with Gasteiger partial charge in [-0.1, -0.05) is 0 Å². The van der Waals surface area contributed by atoms with Crippen molar-refractivity contribution in [2.24, 2.45) is 11.8 Å². The Morgan fingerprint density at radius 1 is 1.62 bits per heavy atom. The smallest absolute Gasteiger partial charge is 0.136 e. The number of carbonyl (C=O) groups is 1. The Hall–Kier alpha value is -0.330. The SMILES string of the molecule is [2H]C1([2H])C(=O)[C@H]2CC[C@@H]1C2. The molecule has 1 nitrogen and oxygen atoms in total. The predicted octanol–water partition coefficient (Wildman–Crippen LogP) is 1.38. The van der Waals surface area contributed by atoms with Crippen LogP contribution in [0.25, 0.3) is 0 Å². The van der Waals surface area contributed by atoms with Crippen molar-refractivity contribution in [3.63, 3.8) is 0 Å². The van der Waals surface area contributed by atoms with Crippen molar-refractivity contribution >= 4 is 5.78 Å². The van der Waals surface area contributed by atoms with Gasteiger partial charge in [-0.05, 0) is 25.2 Å². The van der Waals surface area contributed by atoms with Gasteiger partial charge in [0.1, 0.15) is 5.78 Å². The second-order valence-electron chi connectivity index (χ2n) is 2.72. The van der Waals surface area contributed by atoms with Crippen molar-refractivity contribution in [3.8, 4) is 0 Å². The summed E-state index contributed by atoms with van der Waals surface area (Å²) < 4.78 is 14.8. The first-order valence-corrected chi connectivity index (χ1v) is 3.16. The van der Waals surface area contributed by atoms with Crippen LogP contribution >= 0.6 is 0 Å². The van der Waals surface area contributed by atoms with Crippen molar-refractivity contribution in [2.45, 2.75) is 25.6 Å². The molecule has 8 heavy (non-hydrogen) atoms. The van der Waals surface area contributed by atoms with Crippen LogP contribution < -0.4 is 0 Å². The number of Topliss-reactive ketones (excluding diaryl/α,β-unsaturated/α-hetero) is 1. The normalized spacial score (nSPS) is 53.8. The van der Waals surface area contributed by atoms with Crippen molar-refractivity contribution in [3.05, 3.63) is 0 Å². The molecule has 1 heteroatoms. The summed E-state index contributed by atoms with van der Waals surface area (Å²) in [6, 6.07) is 0. The second-order valence-corrected chi connectivity index (χ2v) is 2.72. The summed E-state index contributed by atoms with van der Waals surface area (Å²) in [7, 11) is 0. The van der Waals surface area contributed by atoms with Gasteiger partial charge >= 0.3 is 0 Å². The monoisotopic (exact) mass is 112 g/mol. The zero-order valence-electron chi connectivity index (χ0n) is 6.68. The molecule has 0 saturated heterocycles. The number of rotatable bonds is 0. The van der Waals surface area contributed by atoms with Crippen molar-refractivity contribution in [1.29, 1.82) is 0 Å². The van der Waals surface area contributed by atoms with E-state index in [2.05, 4.69) is 0 Å². The molecule has 0 radical (unpaired) electrons. The Morgan fingerprint density at radius 3 is 2.88 bits per heavy atom. The number of hydrogen-bond acceptors (Lipinski definition) is 1. The summed E-state index contributed by atoms with van der Waals surface area (Å²) in [6.07, 6.45) is 1.20. The number of hydrogen-bond donors (Lipinski definition) is 0. The number of ketones is 1. The lowest BCUT2D eigenvalue weighted by atomic mass is 10.00. The largest absolute Gasteiger partial charge is 0.299 e. The van der Waals surface area contributed by atoms with Crippen LogP contribution in [-0.2, 0) is 4.79 Å². The van der Waals surface area contributed by atoms with Gasteiger partial charge in [0, 0.05) is 15.0 Å². The minimum atomic E-state index is -1.47. The first-order valence-electron chi connectivity index (χ1n) is 4.16. The highest BCUT2D eigenvalue weighted by Crippen LogP contribution is 2.41. The van der Waals surface area contributed by atoms with Crippen molar-refractivity contribution in [2.75, 3.05) is 0 Å². The van der Waals surface area contributed by atoms with Crippen LogP contribution in [0.4, 0.5) is 0 Å². The summed E-state index contributed by atoms with van der Waals surface area (Å²) in [6.45, 7) is 0. The molecular weight excluding hydrogens is 100 g/mol. The zero-order chi connectivity index (χ0) is 7.35. The van der Waals surface area contributed by atoms with Gasteiger partial charge in [-0.3, -0.25) is 4.79 Å². The van der Waals surface area contributed by atoms with E-state index in [9.17, 15) is 4.79 Å². The summed E-state index contributed by atoms with van der Waals surface area (Å²) in [5.74, 6) is -0.0197. The van der Waals surface area contributed by atoms with Crippen LogP contribution in [0.15, 0.2) is 0 Å². The third-order valence-electron chi connectivity index (χ3n) is 2.15. The van der Waals surface area contributed by atoms with E-state index in [-0.39, 0.29) is 17.6 Å². The molecule has 0 aromatic carbocycles. The van der Waals surface area contributed by atoms with Gasteiger partial charge in [-0.2, -0.15) is 0 Å². The van der Waals surface area contributed by atoms with E-state index in [1.165, 1.54) is 0 Å². The van der Waals surface area contributed by atoms with Gasteiger partial charge < -0.3 is 0 Å². The maximum atomic E-state index is 11.1. The van der Waals surface area contributed by atoms with Gasteiger partial charge in [0.25, 0.3) is 0 Å². The topological polar surface area (TPSA) is 17.1 Å². The second kappa shape index (κ2) is 1.34. The molecule has 0 aliphatic heterocycles. The summed E-state index contributed by atoms with van der Waals surface area (Å²) in [5, 5.41) is 0. The van der Waals surface area contributed by atoms with E-state index in [1.807, 2.05) is 0 Å². The van der Waals surface area contributed by atoms with Gasteiger partial charge in [0.2, 0.25) is 0 Å². The average molecular weight is 112 g/mol. The van der Waals surface area contributed by atoms with Crippen LogP contribution in [0.3, 0.4) is 0 Å². The summed E-state index contributed by atoms with van der Waals surface area (Å²) >= 11 is 0. The lowest BCUT2D eigenvalue weighted by Gasteiger charge is -2.04. The van der Waals surface area contributed by atoms with E-state index in [0.717, 1.165) is 19.3 Å². The molecule has 2 aliphatic rings. The quantitative estimate of drug-likeness (QED) is 0.462. The molecule has 44 valence electrons. The first kappa shape index (κ1) is 3.00. The number of carbonyl (C=O) groups excluding carboxylic acids is 1. The molecule has 0 unspecified atom stereocenters. The molecule has 2 atom stereocenters. The Labute approximate surface area is 51.9 Å². The third-order valence-corrected chi connectivity index (χ3v) is 2.15. The molecule has 2 saturated carbocycles. The molecule has 0 amide bonds. The molecule has 2 fully saturated rings. The standard InChI is InChI=1S/C7H10O/c8-7-4-5-1-2-6(7)3-5/h5-6H,1-4H2/t5-,6+/m1/s1/i4D2. The molecule has 2 bridgehead atoms. The lowest BCUT2D eigenvalue weighted by Crippen LogP contribution is -2.07. The maximum absolute atomic E-state index is 11.1. The fourth-order valence-electron chi connectivity index (χ4n) is 1.67. The van der Waals surface area contributed by atoms with Crippen LogP contribution in [0.2, 0.25) is 0 Å². The van der Waals surface area contributed by atoms with Crippen LogP contribution in [-0.4, -0.2) is 5.78 Å². The fourth-order valence-corrected chi connectivity index (χ4v) is 1.67. The first-order chi connectivity index (χ1) is 4.62. The van der Waals surface area contributed by atoms with Gasteiger partial charge in [-0.25, -0.2) is 0 Å². The highest BCUT2D eigenvalue weighted by Gasteiger charge is 2.37. The molecule has 0 spiro atoms. The summed E-state index contributed by atoms with van der Waals surface area (Å²) in [4.78, 5) is 11.1. The average Bonchev–Trinajstić information content (AvgIpc) is 2.37. The Bertz CT molecular complexity index is 188. The molecule has 0 aromatic heterocycles. The predicted molar refractivity (Wildman–Crippen MR) is 30.5 cm³/mol. The van der Waals surface area contributed by atoms with E-state index in [0.29, 0.717) is 0 Å². The zero-order valence-corrected chi connectivity index (χ0v) is 4.68. The molecule has 0 heterocycles. The molecular formula is C7H10O. The molecule has 2 aliphatic carbocycles. The van der Waals surface area contributed by atoms with Gasteiger partial charge in [-0.15, -0.1) is 0 Å². The number of fused-ring (bicyclic) bond motifs is 2. The van der Waals surface area contributed by atoms with Crippen molar-refractivity contribution < 1.29 is 7.54 Å². The lowest BCUT2D eigenvalue weighted by molar-refractivity contribution is -0.121. The Morgan fingerprint density at radius 2 is 2.50 bits per heavy atom. The van der Waals surface area contributed by atoms with E-state index in [1.54, 1.807) is 0 Å². The fraction of sp³-hybridized carbons (Fsp3) is 0.857. The summed E-state index contributed by atoms with van der Waals surface area (Å²) in [5.41, 5.74) is 0. The van der Waals surface area contributed by atoms with E-state index >= 15 is 0 Å². The molecule has 0 aromatic rings. The molecule has 2 rings (SSSR count). The Balaban J connectivity index is 2.34.